The molecule has 0 fully saturated rings. The normalized spacial score (nSPS) is 11.8. The minimum absolute atomic E-state index is 0.514. The van der Waals surface area contributed by atoms with Crippen molar-refractivity contribution in [1.82, 2.24) is 39.0 Å². The highest BCUT2D eigenvalue weighted by atomic mass is 28.3. The van der Waals surface area contributed by atoms with Crippen LogP contribution in [0.1, 0.15) is 0 Å². The molecule has 0 aliphatic heterocycles. The summed E-state index contributed by atoms with van der Waals surface area (Å²) in [6, 6.07) is 135. The molecule has 0 bridgehead atoms. The van der Waals surface area contributed by atoms with Gasteiger partial charge in [-0.2, -0.15) is 19.9 Å². The largest absolute Gasteiger partial charge is 0.278 e. The number of benzene rings is 14. The standard InChI is InChI=1S/C90H62N8Si2/c1-7-36-67(37-8-1)99(68-38-9-2-10-39-68,69-40-11-3-12-41-69)73-48-30-34-65(61-73)86-91-85(93-89(94-86)97-81-56-25-21-51-76(81)77-52-22-26-57-82(77)97)64-33-29-32-63(60-64)75-50-19-20-55-80(75)88-92-87(95-90(96-88)98-83-58-27-23-53-78(83)79-54-24-28-59-84(79)98)66-35-31-49-74(62-66)100(70-42-13-4-14-43-70,71-44-15-5-16-45-71)72-46-17-6-18-47-72/h1-62H. The second-order valence-electron chi connectivity index (χ2n) is 25.3. The zero-order valence-electron chi connectivity index (χ0n) is 54.4. The minimum Gasteiger partial charge on any atom is -0.278 e. The van der Waals surface area contributed by atoms with Crippen LogP contribution in [0, 0.1) is 0 Å². The number of para-hydroxylation sites is 4. The van der Waals surface area contributed by atoms with Crippen molar-refractivity contribution in [3.8, 4) is 68.6 Å². The number of aromatic nitrogens is 8. The topological polar surface area (TPSA) is 87.2 Å². The number of fused-ring (bicyclic) bond motifs is 6. The Hall–Kier alpha value is -12.9. The molecule has 100 heavy (non-hydrogen) atoms. The van der Waals surface area contributed by atoms with E-state index in [-0.39, 0.29) is 0 Å². The fourth-order valence-corrected chi connectivity index (χ4v) is 25.0. The molecule has 14 aromatic carbocycles. The van der Waals surface area contributed by atoms with Crippen LogP contribution in [0.2, 0.25) is 0 Å². The summed E-state index contributed by atoms with van der Waals surface area (Å²) in [7, 11) is -5.94. The molecular weight excluding hydrogens is 1250 g/mol. The van der Waals surface area contributed by atoms with Crippen molar-refractivity contribution in [1.29, 1.82) is 0 Å². The van der Waals surface area contributed by atoms with Gasteiger partial charge in [0.1, 0.15) is 0 Å². The van der Waals surface area contributed by atoms with Crippen LogP contribution in [0.4, 0.5) is 0 Å². The zero-order valence-corrected chi connectivity index (χ0v) is 56.4. The second kappa shape index (κ2) is 25.3. The van der Waals surface area contributed by atoms with Crippen molar-refractivity contribution in [3.05, 3.63) is 376 Å². The Labute approximate surface area is 581 Å². The predicted molar refractivity (Wildman–Crippen MR) is 416 cm³/mol. The van der Waals surface area contributed by atoms with E-state index in [4.69, 9.17) is 29.9 Å². The summed E-state index contributed by atoms with van der Waals surface area (Å²) < 4.78 is 4.38. The summed E-state index contributed by atoms with van der Waals surface area (Å²) in [6.45, 7) is 0. The van der Waals surface area contributed by atoms with E-state index in [0.717, 1.165) is 77.0 Å². The lowest BCUT2D eigenvalue weighted by atomic mass is 9.97. The quantitative estimate of drug-likeness (QED) is 0.0751. The highest BCUT2D eigenvalue weighted by Crippen LogP contribution is 2.38. The smallest absolute Gasteiger partial charge is 0.238 e. The van der Waals surface area contributed by atoms with Crippen molar-refractivity contribution in [2.75, 3.05) is 0 Å². The molecule has 0 saturated carbocycles. The Balaban J connectivity index is 0.830. The van der Waals surface area contributed by atoms with Gasteiger partial charge in [-0.05, 0) is 83.0 Å². The average Bonchev–Trinajstić information content (AvgIpc) is 0.897. The number of nitrogens with zero attached hydrogens (tertiary/aromatic N) is 8. The second-order valence-corrected chi connectivity index (χ2v) is 32.9. The molecule has 4 heterocycles. The van der Waals surface area contributed by atoms with Crippen LogP contribution in [-0.4, -0.2) is 55.2 Å². The molecule has 0 aliphatic rings. The maximum Gasteiger partial charge on any atom is 0.238 e. The van der Waals surface area contributed by atoms with Crippen molar-refractivity contribution >= 4 is 101 Å². The Kier molecular flexibility index (Phi) is 15.1. The van der Waals surface area contributed by atoms with Gasteiger partial charge < -0.3 is 0 Å². The summed E-state index contributed by atoms with van der Waals surface area (Å²) in [4.78, 5) is 33.4. The summed E-state index contributed by atoms with van der Waals surface area (Å²) in [5, 5.41) is 14.6. The molecule has 0 spiro atoms. The highest BCUT2D eigenvalue weighted by Gasteiger charge is 2.43. The van der Waals surface area contributed by atoms with Gasteiger partial charge in [0.25, 0.3) is 0 Å². The fraction of sp³-hybridized carbons (Fsp3) is 0. The number of hydrogen-bond acceptors (Lipinski definition) is 6. The van der Waals surface area contributed by atoms with Crippen LogP contribution in [0.25, 0.3) is 112 Å². The molecule has 0 N–H and O–H groups in total. The van der Waals surface area contributed by atoms with Gasteiger partial charge in [0.2, 0.25) is 11.9 Å². The van der Waals surface area contributed by atoms with Crippen LogP contribution >= 0.6 is 0 Å². The molecule has 8 nitrogen and oxygen atoms in total. The number of hydrogen-bond donors (Lipinski definition) is 0. The molecule has 0 radical (unpaired) electrons. The van der Waals surface area contributed by atoms with Crippen molar-refractivity contribution in [2.45, 2.75) is 0 Å². The van der Waals surface area contributed by atoms with Gasteiger partial charge in [0, 0.05) is 43.8 Å². The van der Waals surface area contributed by atoms with E-state index in [0.29, 0.717) is 35.2 Å². The van der Waals surface area contributed by atoms with Gasteiger partial charge >= 0.3 is 0 Å². The molecule has 0 amide bonds. The molecular formula is C90H62N8Si2. The zero-order chi connectivity index (χ0) is 66.4. The SMILES string of the molecule is c1ccc([Si](c2ccccc2)(c2ccccc2)c2cccc(-c3nc(-c4cccc(-c5ccccc5-c5nc(-c6cccc([Si](c7ccccc7)(c7ccccc7)c7ccccc7)c6)nc(-n6c7ccccc7c7ccccc76)n5)c4)nc(-n4c5ccccc5c5ccccc54)n3)c2)cc1. The Morgan fingerprint density at radius 3 is 0.780 bits per heavy atom. The summed E-state index contributed by atoms with van der Waals surface area (Å²) in [5.74, 6) is 3.20. The van der Waals surface area contributed by atoms with Gasteiger partial charge in [-0.1, -0.05) is 346 Å². The van der Waals surface area contributed by atoms with E-state index >= 15 is 0 Å². The Morgan fingerprint density at radius 1 is 0.180 bits per heavy atom. The van der Waals surface area contributed by atoms with Crippen LogP contribution < -0.4 is 41.5 Å². The third-order valence-electron chi connectivity index (χ3n) is 19.8. The van der Waals surface area contributed by atoms with Crippen LogP contribution in [-0.2, 0) is 0 Å². The van der Waals surface area contributed by atoms with Crippen LogP contribution in [0.15, 0.2) is 376 Å². The monoisotopic (exact) mass is 1310 g/mol. The lowest BCUT2D eigenvalue weighted by Gasteiger charge is -2.34. The first-order valence-corrected chi connectivity index (χ1v) is 37.8. The van der Waals surface area contributed by atoms with Crippen molar-refractivity contribution < 1.29 is 0 Å². The Bertz CT molecular complexity index is 5750. The number of rotatable bonds is 15. The first-order chi connectivity index (χ1) is 49.6. The van der Waals surface area contributed by atoms with Crippen molar-refractivity contribution in [3.63, 3.8) is 0 Å². The first-order valence-electron chi connectivity index (χ1n) is 33.8. The average molecular weight is 1310 g/mol. The van der Waals surface area contributed by atoms with Crippen LogP contribution in [0.3, 0.4) is 0 Å². The lowest BCUT2D eigenvalue weighted by Crippen LogP contribution is -2.74. The molecule has 10 heteroatoms. The van der Waals surface area contributed by atoms with E-state index in [1.54, 1.807) is 0 Å². The lowest BCUT2D eigenvalue weighted by molar-refractivity contribution is 0.953. The molecule has 470 valence electrons. The summed E-state index contributed by atoms with van der Waals surface area (Å²) in [6.07, 6.45) is 0. The van der Waals surface area contributed by atoms with Crippen molar-refractivity contribution in [2.24, 2.45) is 0 Å². The molecule has 0 atom stereocenters. The summed E-state index contributed by atoms with van der Waals surface area (Å²) in [5.41, 5.74) is 9.28. The van der Waals surface area contributed by atoms with E-state index in [1.165, 1.54) is 41.5 Å². The van der Waals surface area contributed by atoms with Gasteiger partial charge in [-0.25, -0.2) is 9.97 Å². The van der Waals surface area contributed by atoms with E-state index in [1.807, 2.05) is 0 Å². The maximum atomic E-state index is 5.62. The van der Waals surface area contributed by atoms with Gasteiger partial charge in [-0.15, -0.1) is 0 Å². The van der Waals surface area contributed by atoms with E-state index in [2.05, 4.69) is 385 Å². The van der Waals surface area contributed by atoms with Gasteiger partial charge in [0.05, 0.1) is 22.1 Å². The van der Waals surface area contributed by atoms with E-state index in [9.17, 15) is 0 Å². The maximum absolute atomic E-state index is 5.62. The highest BCUT2D eigenvalue weighted by molar-refractivity contribution is 7.20. The molecule has 0 saturated heterocycles. The molecule has 4 aromatic heterocycles. The molecule has 18 rings (SSSR count). The minimum atomic E-state index is -2.97. The Morgan fingerprint density at radius 2 is 0.430 bits per heavy atom. The third-order valence-corrected chi connectivity index (χ3v) is 29.3. The van der Waals surface area contributed by atoms with Gasteiger partial charge in [-0.3, -0.25) is 9.13 Å². The summed E-state index contributed by atoms with van der Waals surface area (Å²) >= 11 is 0. The fourth-order valence-electron chi connectivity index (χ4n) is 15.4. The molecule has 0 aliphatic carbocycles. The van der Waals surface area contributed by atoms with Crippen LogP contribution in [0.5, 0.6) is 0 Å². The predicted octanol–water partition coefficient (Wildman–Crippen LogP) is 15.3. The molecule has 0 unspecified atom stereocenters. The first kappa shape index (κ1) is 59.6. The molecule has 18 aromatic rings. The third kappa shape index (κ3) is 10.1. The van der Waals surface area contributed by atoms with E-state index < -0.39 is 16.1 Å². The van der Waals surface area contributed by atoms with Gasteiger partial charge in [0.15, 0.2) is 39.4 Å².